The molecule has 0 aromatic carbocycles. The minimum Gasteiger partial charge on any atom is -0.396 e. The smallest absolute Gasteiger partial charge is 0.231 e. The van der Waals surface area contributed by atoms with Crippen LogP contribution in [0, 0.1) is 5.41 Å². The van der Waals surface area contributed by atoms with Gasteiger partial charge in [0.2, 0.25) is 11.3 Å². The topological polar surface area (TPSA) is 89.8 Å². The molecule has 0 aliphatic carbocycles. The van der Waals surface area contributed by atoms with Crippen LogP contribution in [0.5, 0.6) is 0 Å². The maximum absolute atomic E-state index is 10.1. The van der Waals surface area contributed by atoms with Crippen molar-refractivity contribution in [1.82, 2.24) is 4.72 Å². The summed E-state index contributed by atoms with van der Waals surface area (Å²) >= 11 is -2.09. The second-order valence-electron chi connectivity index (χ2n) is 2.70. The lowest BCUT2D eigenvalue weighted by atomic mass is 9.94. The molecule has 1 unspecified atom stereocenters. The Balaban J connectivity index is 3.78. The van der Waals surface area contributed by atoms with E-state index in [1.807, 2.05) is 0 Å². The van der Waals surface area contributed by atoms with Gasteiger partial charge in [-0.3, -0.25) is 4.55 Å². The standard InChI is InChI=1S/C5H13NO4S/c1-5(3-7,4-8)2-6-11(9)10/h6-8H,2-4H2,1H3,(H,9,10). The quantitative estimate of drug-likeness (QED) is 0.399. The van der Waals surface area contributed by atoms with E-state index in [-0.39, 0.29) is 19.8 Å². The molecule has 0 bridgehead atoms. The summed E-state index contributed by atoms with van der Waals surface area (Å²) in [6.07, 6.45) is 0. The normalized spacial score (nSPS) is 14.9. The van der Waals surface area contributed by atoms with Crippen LogP contribution in [0.2, 0.25) is 0 Å². The van der Waals surface area contributed by atoms with Gasteiger partial charge in [0.1, 0.15) is 0 Å². The third-order valence-electron chi connectivity index (χ3n) is 1.39. The Labute approximate surface area is 67.9 Å². The predicted molar refractivity (Wildman–Crippen MR) is 41.1 cm³/mol. The average Bonchev–Trinajstić information content (AvgIpc) is 2.00. The molecule has 6 heteroatoms. The van der Waals surface area contributed by atoms with Gasteiger partial charge in [0, 0.05) is 12.0 Å². The highest BCUT2D eigenvalue weighted by atomic mass is 32.2. The minimum atomic E-state index is -2.09. The molecule has 0 aliphatic heterocycles. The molecule has 4 N–H and O–H groups in total. The number of hydrogen-bond donors (Lipinski definition) is 4. The fourth-order valence-corrected chi connectivity index (χ4v) is 0.870. The maximum atomic E-state index is 10.1. The van der Waals surface area contributed by atoms with Crippen molar-refractivity contribution in [2.24, 2.45) is 5.41 Å². The van der Waals surface area contributed by atoms with Crippen LogP contribution in [0.25, 0.3) is 0 Å². The Kier molecular flexibility index (Phi) is 4.78. The van der Waals surface area contributed by atoms with E-state index in [0.29, 0.717) is 0 Å². The second kappa shape index (κ2) is 4.78. The van der Waals surface area contributed by atoms with Crippen LogP contribution in [0.3, 0.4) is 0 Å². The highest BCUT2D eigenvalue weighted by Crippen LogP contribution is 2.11. The van der Waals surface area contributed by atoms with E-state index in [9.17, 15) is 4.21 Å². The molecule has 11 heavy (non-hydrogen) atoms. The molecule has 0 aromatic rings. The molecule has 0 rings (SSSR count). The predicted octanol–water partition coefficient (Wildman–Crippen LogP) is -1.30. The van der Waals surface area contributed by atoms with Crippen molar-refractivity contribution < 1.29 is 19.0 Å². The van der Waals surface area contributed by atoms with Crippen molar-refractivity contribution in [3.63, 3.8) is 0 Å². The van der Waals surface area contributed by atoms with Gasteiger partial charge in [-0.1, -0.05) is 6.92 Å². The van der Waals surface area contributed by atoms with E-state index < -0.39 is 16.7 Å². The zero-order valence-electron chi connectivity index (χ0n) is 6.28. The van der Waals surface area contributed by atoms with Gasteiger partial charge >= 0.3 is 0 Å². The summed E-state index contributed by atoms with van der Waals surface area (Å²) in [5, 5.41) is 17.4. The Morgan fingerprint density at radius 2 is 1.91 bits per heavy atom. The molecule has 0 saturated carbocycles. The van der Waals surface area contributed by atoms with Crippen LogP contribution in [0.4, 0.5) is 0 Å². The molecule has 1 atom stereocenters. The molecule has 0 radical (unpaired) electrons. The van der Waals surface area contributed by atoms with E-state index in [1.54, 1.807) is 6.92 Å². The Morgan fingerprint density at radius 3 is 2.18 bits per heavy atom. The number of rotatable bonds is 5. The molecule has 68 valence electrons. The zero-order valence-corrected chi connectivity index (χ0v) is 7.10. The third kappa shape index (κ3) is 4.44. The van der Waals surface area contributed by atoms with E-state index in [0.717, 1.165) is 0 Å². The van der Waals surface area contributed by atoms with Crippen LogP contribution in [0.1, 0.15) is 6.92 Å². The van der Waals surface area contributed by atoms with Gasteiger partial charge in [-0.2, -0.15) is 0 Å². The van der Waals surface area contributed by atoms with E-state index in [4.69, 9.17) is 14.8 Å². The Morgan fingerprint density at radius 1 is 1.45 bits per heavy atom. The molecule has 0 heterocycles. The summed E-state index contributed by atoms with van der Waals surface area (Å²) in [6.45, 7) is 1.25. The molecule has 0 amide bonds. The molecule has 0 aliphatic rings. The summed E-state index contributed by atoms with van der Waals surface area (Å²) in [4.78, 5) is 0. The summed E-state index contributed by atoms with van der Waals surface area (Å²) in [5.41, 5.74) is -0.738. The van der Waals surface area contributed by atoms with Crippen LogP contribution in [-0.4, -0.2) is 38.7 Å². The SMILES string of the molecule is CC(CO)(CO)CNS(=O)O. The van der Waals surface area contributed by atoms with Crippen molar-refractivity contribution in [2.45, 2.75) is 6.92 Å². The van der Waals surface area contributed by atoms with Gasteiger partial charge < -0.3 is 10.2 Å². The van der Waals surface area contributed by atoms with Crippen molar-refractivity contribution in [1.29, 1.82) is 0 Å². The number of hydrogen-bond acceptors (Lipinski definition) is 3. The maximum Gasteiger partial charge on any atom is 0.231 e. The summed E-state index contributed by atoms with van der Waals surface area (Å²) < 4.78 is 20.6. The van der Waals surface area contributed by atoms with E-state index in [1.165, 1.54) is 0 Å². The number of aliphatic hydroxyl groups excluding tert-OH is 2. The van der Waals surface area contributed by atoms with Gasteiger partial charge in [0.25, 0.3) is 0 Å². The van der Waals surface area contributed by atoms with Crippen molar-refractivity contribution in [3.05, 3.63) is 0 Å². The minimum absolute atomic E-state index is 0.100. The van der Waals surface area contributed by atoms with Gasteiger partial charge in [-0.15, -0.1) is 0 Å². The first kappa shape index (κ1) is 11.0. The first-order valence-corrected chi connectivity index (χ1v) is 4.21. The Hall–Kier alpha value is -0.0100. The highest BCUT2D eigenvalue weighted by Gasteiger charge is 2.22. The monoisotopic (exact) mass is 183 g/mol. The fraction of sp³-hybridized carbons (Fsp3) is 1.00. The van der Waals surface area contributed by atoms with Crippen LogP contribution >= 0.6 is 0 Å². The molecule has 0 fully saturated rings. The van der Waals surface area contributed by atoms with Gasteiger partial charge in [-0.25, -0.2) is 8.93 Å². The van der Waals surface area contributed by atoms with Gasteiger partial charge in [-0.05, 0) is 0 Å². The van der Waals surface area contributed by atoms with Crippen molar-refractivity contribution in [2.75, 3.05) is 19.8 Å². The lowest BCUT2D eigenvalue weighted by molar-refractivity contribution is 0.0742. The fourth-order valence-electron chi connectivity index (χ4n) is 0.398. The van der Waals surface area contributed by atoms with Crippen LogP contribution in [-0.2, 0) is 11.3 Å². The summed E-state index contributed by atoms with van der Waals surface area (Å²) in [6, 6.07) is 0. The molecule has 0 aromatic heterocycles. The number of nitrogens with one attached hydrogen (secondary N) is 1. The van der Waals surface area contributed by atoms with Gasteiger partial charge in [0.15, 0.2) is 0 Å². The highest BCUT2D eigenvalue weighted by molar-refractivity contribution is 7.77. The molecule has 5 nitrogen and oxygen atoms in total. The molecular weight excluding hydrogens is 170 g/mol. The molecular formula is C5H13NO4S. The van der Waals surface area contributed by atoms with Gasteiger partial charge in [0.05, 0.1) is 13.2 Å². The largest absolute Gasteiger partial charge is 0.396 e. The van der Waals surface area contributed by atoms with E-state index >= 15 is 0 Å². The van der Waals surface area contributed by atoms with Crippen LogP contribution in [0.15, 0.2) is 0 Å². The van der Waals surface area contributed by atoms with Crippen molar-refractivity contribution >= 4 is 11.3 Å². The Bertz CT molecular complexity index is 136. The molecule has 0 saturated heterocycles. The lowest BCUT2D eigenvalue weighted by Crippen LogP contribution is -2.38. The third-order valence-corrected chi connectivity index (χ3v) is 1.78. The zero-order chi connectivity index (χ0) is 8.91. The van der Waals surface area contributed by atoms with Crippen LogP contribution < -0.4 is 4.72 Å². The van der Waals surface area contributed by atoms with Crippen molar-refractivity contribution in [3.8, 4) is 0 Å². The summed E-state index contributed by atoms with van der Waals surface area (Å²) in [7, 11) is 0. The summed E-state index contributed by atoms with van der Waals surface area (Å²) in [5.74, 6) is 0. The lowest BCUT2D eigenvalue weighted by Gasteiger charge is -2.23. The average molecular weight is 183 g/mol. The van der Waals surface area contributed by atoms with E-state index in [2.05, 4.69) is 4.72 Å². The second-order valence-corrected chi connectivity index (χ2v) is 3.48. The first-order chi connectivity index (χ1) is 5.04. The number of aliphatic hydroxyl groups is 2. The molecule has 0 spiro atoms. The first-order valence-electron chi connectivity index (χ1n) is 3.10.